The van der Waals surface area contributed by atoms with Crippen molar-refractivity contribution in [3.8, 4) is 5.75 Å². The molecule has 0 spiro atoms. The molecule has 0 saturated heterocycles. The first-order chi connectivity index (χ1) is 8.47. The van der Waals surface area contributed by atoms with Gasteiger partial charge in [0.2, 0.25) is 0 Å². The SMILES string of the molecule is CC(C)CC(C)Oc1ccnc(CNC(C)C)c1. The lowest BCUT2D eigenvalue weighted by molar-refractivity contribution is 0.193. The molecule has 0 fully saturated rings. The van der Waals surface area contributed by atoms with Crippen LogP contribution in [0.2, 0.25) is 0 Å². The van der Waals surface area contributed by atoms with E-state index in [9.17, 15) is 0 Å². The van der Waals surface area contributed by atoms with E-state index in [1.807, 2.05) is 18.3 Å². The molecule has 1 atom stereocenters. The van der Waals surface area contributed by atoms with Crippen molar-refractivity contribution in [2.45, 2.75) is 59.7 Å². The van der Waals surface area contributed by atoms with E-state index in [-0.39, 0.29) is 6.10 Å². The molecule has 1 unspecified atom stereocenters. The molecule has 1 rings (SSSR count). The van der Waals surface area contributed by atoms with Crippen LogP contribution in [0.4, 0.5) is 0 Å². The van der Waals surface area contributed by atoms with E-state index in [2.05, 4.69) is 44.9 Å². The summed E-state index contributed by atoms with van der Waals surface area (Å²) in [6, 6.07) is 4.42. The van der Waals surface area contributed by atoms with Crippen LogP contribution < -0.4 is 10.1 Å². The zero-order valence-electron chi connectivity index (χ0n) is 12.2. The number of ether oxygens (including phenoxy) is 1. The highest BCUT2D eigenvalue weighted by Gasteiger charge is 2.07. The fourth-order valence-electron chi connectivity index (χ4n) is 1.88. The minimum Gasteiger partial charge on any atom is -0.491 e. The fraction of sp³-hybridized carbons (Fsp3) is 0.667. The molecule has 3 nitrogen and oxygen atoms in total. The molecule has 0 amide bonds. The Morgan fingerprint density at radius 1 is 1.22 bits per heavy atom. The number of pyridine rings is 1. The summed E-state index contributed by atoms with van der Waals surface area (Å²) in [7, 11) is 0. The van der Waals surface area contributed by atoms with Crippen LogP contribution >= 0.6 is 0 Å². The van der Waals surface area contributed by atoms with Gasteiger partial charge in [-0.3, -0.25) is 4.98 Å². The third-order valence-electron chi connectivity index (χ3n) is 2.62. The van der Waals surface area contributed by atoms with Crippen molar-refractivity contribution in [2.24, 2.45) is 5.92 Å². The van der Waals surface area contributed by atoms with E-state index in [1.165, 1.54) is 0 Å². The van der Waals surface area contributed by atoms with Gasteiger partial charge in [0.15, 0.2) is 0 Å². The smallest absolute Gasteiger partial charge is 0.123 e. The Hall–Kier alpha value is -1.09. The topological polar surface area (TPSA) is 34.1 Å². The minimum absolute atomic E-state index is 0.248. The van der Waals surface area contributed by atoms with Crippen molar-refractivity contribution in [1.82, 2.24) is 10.3 Å². The zero-order chi connectivity index (χ0) is 13.5. The van der Waals surface area contributed by atoms with Gasteiger partial charge in [-0.15, -0.1) is 0 Å². The summed E-state index contributed by atoms with van der Waals surface area (Å²) < 4.78 is 5.90. The summed E-state index contributed by atoms with van der Waals surface area (Å²) in [4.78, 5) is 4.34. The molecule has 0 aliphatic heterocycles. The third kappa shape index (κ3) is 6.01. The van der Waals surface area contributed by atoms with Crippen LogP contribution in [0.25, 0.3) is 0 Å². The first-order valence-corrected chi connectivity index (χ1v) is 6.82. The average Bonchev–Trinajstić information content (AvgIpc) is 2.25. The van der Waals surface area contributed by atoms with Crippen LogP contribution in [0.15, 0.2) is 18.3 Å². The average molecular weight is 250 g/mol. The Kier molecular flexibility index (Phi) is 6.13. The summed E-state index contributed by atoms with van der Waals surface area (Å²) in [5.74, 6) is 1.57. The summed E-state index contributed by atoms with van der Waals surface area (Å²) in [5, 5.41) is 3.36. The fourth-order valence-corrected chi connectivity index (χ4v) is 1.88. The summed E-state index contributed by atoms with van der Waals surface area (Å²) in [5.41, 5.74) is 1.03. The summed E-state index contributed by atoms with van der Waals surface area (Å²) >= 11 is 0. The number of hydrogen-bond donors (Lipinski definition) is 1. The van der Waals surface area contributed by atoms with Crippen LogP contribution in [0, 0.1) is 5.92 Å². The van der Waals surface area contributed by atoms with Gasteiger partial charge in [0.05, 0.1) is 11.8 Å². The van der Waals surface area contributed by atoms with Crippen LogP contribution in [0.3, 0.4) is 0 Å². The molecule has 1 heterocycles. The normalized spacial score (nSPS) is 13.1. The monoisotopic (exact) mass is 250 g/mol. The Morgan fingerprint density at radius 2 is 1.94 bits per heavy atom. The first-order valence-electron chi connectivity index (χ1n) is 6.82. The van der Waals surface area contributed by atoms with E-state index in [0.29, 0.717) is 12.0 Å². The molecule has 3 heteroatoms. The second kappa shape index (κ2) is 7.37. The maximum absolute atomic E-state index is 5.90. The number of hydrogen-bond acceptors (Lipinski definition) is 3. The largest absolute Gasteiger partial charge is 0.491 e. The second-order valence-electron chi connectivity index (χ2n) is 5.58. The van der Waals surface area contributed by atoms with Crippen LogP contribution in [-0.4, -0.2) is 17.1 Å². The summed E-state index contributed by atoms with van der Waals surface area (Å²) in [6.07, 6.45) is 3.13. The standard InChI is InChI=1S/C15H26N2O/c1-11(2)8-13(5)18-15-6-7-16-14(9-15)10-17-12(3)4/h6-7,9,11-13,17H,8,10H2,1-5H3. The van der Waals surface area contributed by atoms with E-state index in [1.54, 1.807) is 0 Å². The minimum atomic E-state index is 0.248. The second-order valence-corrected chi connectivity index (χ2v) is 5.58. The van der Waals surface area contributed by atoms with E-state index < -0.39 is 0 Å². The van der Waals surface area contributed by atoms with Gasteiger partial charge in [-0.1, -0.05) is 27.7 Å². The molecule has 0 bridgehead atoms. The van der Waals surface area contributed by atoms with Crippen LogP contribution in [-0.2, 0) is 6.54 Å². The highest BCUT2D eigenvalue weighted by atomic mass is 16.5. The van der Waals surface area contributed by atoms with E-state index >= 15 is 0 Å². The highest BCUT2D eigenvalue weighted by molar-refractivity contribution is 5.22. The Bertz CT molecular complexity index is 350. The van der Waals surface area contributed by atoms with Crippen molar-refractivity contribution >= 4 is 0 Å². The predicted molar refractivity (Wildman–Crippen MR) is 75.8 cm³/mol. The van der Waals surface area contributed by atoms with Gasteiger partial charge in [0, 0.05) is 24.8 Å². The van der Waals surface area contributed by atoms with Crippen LogP contribution in [0.1, 0.15) is 46.7 Å². The Labute approximate surface area is 111 Å². The van der Waals surface area contributed by atoms with Gasteiger partial charge in [-0.25, -0.2) is 0 Å². The van der Waals surface area contributed by atoms with Crippen molar-refractivity contribution in [3.05, 3.63) is 24.0 Å². The van der Waals surface area contributed by atoms with Crippen LogP contribution in [0.5, 0.6) is 5.75 Å². The van der Waals surface area contributed by atoms with Crippen molar-refractivity contribution in [3.63, 3.8) is 0 Å². The van der Waals surface area contributed by atoms with Gasteiger partial charge in [0.1, 0.15) is 5.75 Å². The zero-order valence-corrected chi connectivity index (χ0v) is 12.2. The van der Waals surface area contributed by atoms with Gasteiger partial charge < -0.3 is 10.1 Å². The lowest BCUT2D eigenvalue weighted by Gasteiger charge is -2.17. The molecule has 1 aromatic rings. The predicted octanol–water partition coefficient (Wildman–Crippen LogP) is 3.39. The Balaban J connectivity index is 2.53. The molecule has 1 N–H and O–H groups in total. The first kappa shape index (κ1) is 15.0. The number of nitrogens with zero attached hydrogens (tertiary/aromatic N) is 1. The quantitative estimate of drug-likeness (QED) is 0.805. The lowest BCUT2D eigenvalue weighted by Crippen LogP contribution is -2.22. The molecule has 18 heavy (non-hydrogen) atoms. The Morgan fingerprint density at radius 3 is 2.56 bits per heavy atom. The summed E-state index contributed by atoms with van der Waals surface area (Å²) in [6.45, 7) is 11.6. The molecule has 102 valence electrons. The van der Waals surface area contributed by atoms with E-state index in [0.717, 1.165) is 24.4 Å². The molecule has 0 saturated carbocycles. The molecular weight excluding hydrogens is 224 g/mol. The molecular formula is C15H26N2O. The highest BCUT2D eigenvalue weighted by Crippen LogP contribution is 2.16. The molecule has 0 aliphatic rings. The number of aromatic nitrogens is 1. The lowest BCUT2D eigenvalue weighted by atomic mass is 10.1. The number of rotatable bonds is 7. The molecule has 1 aromatic heterocycles. The van der Waals surface area contributed by atoms with Gasteiger partial charge >= 0.3 is 0 Å². The van der Waals surface area contributed by atoms with Gasteiger partial charge in [0.25, 0.3) is 0 Å². The maximum atomic E-state index is 5.90. The van der Waals surface area contributed by atoms with Crippen molar-refractivity contribution < 1.29 is 4.74 Å². The molecule has 0 aromatic carbocycles. The maximum Gasteiger partial charge on any atom is 0.123 e. The van der Waals surface area contributed by atoms with Gasteiger partial charge in [-0.05, 0) is 25.3 Å². The third-order valence-corrected chi connectivity index (χ3v) is 2.62. The van der Waals surface area contributed by atoms with Crippen molar-refractivity contribution in [2.75, 3.05) is 0 Å². The molecule has 0 radical (unpaired) electrons. The number of nitrogens with one attached hydrogen (secondary N) is 1. The van der Waals surface area contributed by atoms with E-state index in [4.69, 9.17) is 4.74 Å². The van der Waals surface area contributed by atoms with Crippen molar-refractivity contribution in [1.29, 1.82) is 0 Å². The van der Waals surface area contributed by atoms with Gasteiger partial charge in [-0.2, -0.15) is 0 Å². The molecule has 0 aliphatic carbocycles.